The highest BCUT2D eigenvalue weighted by molar-refractivity contribution is 6.42. The number of ketones is 2. The molecule has 0 spiro atoms. The Morgan fingerprint density at radius 3 is 1.95 bits per heavy atom. The van der Waals surface area contributed by atoms with Crippen LogP contribution in [0.1, 0.15) is 51.3 Å². The Kier molecular flexibility index (Phi) is 5.54. The van der Waals surface area contributed by atoms with Crippen molar-refractivity contribution in [2.45, 2.75) is 19.3 Å². The molecular weight excluding hydrogens is 552 g/mol. The second-order valence-corrected chi connectivity index (χ2v) is 12.0. The highest BCUT2D eigenvalue weighted by Crippen LogP contribution is 2.54. The number of Topliss-reactive ketones (excluding diaryl/α,β-unsaturated/α-hetero) is 2. The predicted octanol–water partition coefficient (Wildman–Crippen LogP) is 9.84. The molecule has 0 N–H and O–H groups in total. The van der Waals surface area contributed by atoms with Crippen molar-refractivity contribution in [1.29, 1.82) is 0 Å². The summed E-state index contributed by atoms with van der Waals surface area (Å²) in [5.74, 6) is -1.19. The summed E-state index contributed by atoms with van der Waals surface area (Å²) in [5, 5.41) is 3.73. The van der Waals surface area contributed by atoms with Gasteiger partial charge in [-0.3, -0.25) is 9.59 Å². The van der Waals surface area contributed by atoms with Crippen LogP contribution in [-0.4, -0.2) is 11.6 Å². The van der Waals surface area contributed by atoms with E-state index in [0.717, 1.165) is 55.3 Å². The van der Waals surface area contributed by atoms with Crippen molar-refractivity contribution in [3.05, 3.63) is 154 Å². The zero-order chi connectivity index (χ0) is 30.3. The summed E-state index contributed by atoms with van der Waals surface area (Å²) in [4.78, 5) is 28.8. The number of rotatable bonds is 2. The molecule has 0 saturated carbocycles. The summed E-state index contributed by atoms with van der Waals surface area (Å²) in [7, 11) is 0. The Morgan fingerprint density at radius 2 is 1.27 bits per heavy atom. The van der Waals surface area contributed by atoms with Crippen molar-refractivity contribution in [2.24, 2.45) is 0 Å². The van der Waals surface area contributed by atoms with E-state index >= 15 is 0 Å². The van der Waals surface area contributed by atoms with Crippen LogP contribution in [0.25, 0.3) is 27.6 Å². The highest BCUT2D eigenvalue weighted by Gasteiger charge is 2.39. The van der Waals surface area contributed by atoms with Crippen LogP contribution >= 0.6 is 0 Å². The van der Waals surface area contributed by atoms with Gasteiger partial charge in [-0.05, 0) is 111 Å². The molecule has 0 bridgehead atoms. The highest BCUT2D eigenvalue weighted by atomic mass is 19.1. The van der Waals surface area contributed by atoms with E-state index in [1.807, 2.05) is 59.5 Å². The topological polar surface area (TPSA) is 37.4 Å². The molecule has 3 nitrogen and oxygen atoms in total. The third-order valence-electron chi connectivity index (χ3n) is 9.02. The average molecular weight is 578 g/mol. The van der Waals surface area contributed by atoms with E-state index in [9.17, 15) is 18.4 Å². The molecule has 0 aromatic heterocycles. The Balaban J connectivity index is 1.27. The molecule has 0 saturated heterocycles. The number of fused-ring (bicyclic) bond motifs is 6. The molecule has 0 unspecified atom stereocenters. The van der Waals surface area contributed by atoms with E-state index in [1.165, 1.54) is 18.2 Å². The van der Waals surface area contributed by atoms with Crippen molar-refractivity contribution >= 4 is 56.2 Å². The SMILES string of the molecule is CC1(C)c2cc(F)ccc2N(c2ccc(F)cc2)c2ccc3cc(C=C4C(=O)c5cc6ccccc6cc5C4=O)ccc3c21. The molecule has 44 heavy (non-hydrogen) atoms. The zero-order valence-corrected chi connectivity index (χ0v) is 24.0. The molecule has 0 atom stereocenters. The van der Waals surface area contributed by atoms with E-state index < -0.39 is 5.41 Å². The van der Waals surface area contributed by atoms with Gasteiger partial charge in [0.25, 0.3) is 0 Å². The first-order valence-electron chi connectivity index (χ1n) is 14.5. The third-order valence-corrected chi connectivity index (χ3v) is 9.02. The fourth-order valence-electron chi connectivity index (χ4n) is 6.91. The van der Waals surface area contributed by atoms with E-state index in [2.05, 4.69) is 13.8 Å². The van der Waals surface area contributed by atoms with Gasteiger partial charge in [0, 0.05) is 22.2 Å². The number of carbonyl (C=O) groups is 2. The van der Waals surface area contributed by atoms with Gasteiger partial charge in [-0.1, -0.05) is 56.3 Å². The van der Waals surface area contributed by atoms with Crippen LogP contribution in [-0.2, 0) is 5.41 Å². The Labute approximate surface area is 252 Å². The molecule has 1 aliphatic heterocycles. The zero-order valence-electron chi connectivity index (χ0n) is 24.0. The lowest BCUT2D eigenvalue weighted by Crippen LogP contribution is -2.31. The van der Waals surface area contributed by atoms with E-state index in [4.69, 9.17) is 0 Å². The maximum atomic E-state index is 14.7. The normalized spacial score (nSPS) is 15.0. The molecule has 2 aliphatic rings. The Bertz CT molecular complexity index is 2210. The first-order chi connectivity index (χ1) is 21.2. The standard InChI is InChI=1S/C39H25F2NO2/c1-39(2)33-21-27(41)11-16-34(33)42(28-12-9-26(40)10-13-28)35-15-8-25-17-22(7-14-29(25)36(35)39)18-32-37(43)30-19-23-5-3-4-6-24(23)20-31(30)38(32)44/h3-21H,1-2H3. The number of benzene rings is 6. The lowest BCUT2D eigenvalue weighted by atomic mass is 9.71. The molecule has 6 aromatic carbocycles. The van der Waals surface area contributed by atoms with Crippen LogP contribution in [0.15, 0.2) is 115 Å². The Morgan fingerprint density at radius 1 is 0.636 bits per heavy atom. The van der Waals surface area contributed by atoms with Crippen LogP contribution in [0.3, 0.4) is 0 Å². The molecule has 1 heterocycles. The van der Waals surface area contributed by atoms with E-state index in [0.29, 0.717) is 11.1 Å². The number of hydrogen-bond acceptors (Lipinski definition) is 3. The van der Waals surface area contributed by atoms with Crippen LogP contribution in [0.4, 0.5) is 25.8 Å². The maximum absolute atomic E-state index is 14.7. The lowest BCUT2D eigenvalue weighted by molar-refractivity contribution is 0.0990. The second kappa shape index (κ2) is 9.29. The molecule has 0 fully saturated rings. The molecular formula is C39H25F2NO2. The summed E-state index contributed by atoms with van der Waals surface area (Å²) in [6, 6.07) is 32.3. The van der Waals surface area contributed by atoms with Gasteiger partial charge < -0.3 is 4.90 Å². The maximum Gasteiger partial charge on any atom is 0.197 e. The van der Waals surface area contributed by atoms with Gasteiger partial charge in [-0.25, -0.2) is 8.78 Å². The summed E-state index contributed by atoms with van der Waals surface area (Å²) in [6.07, 6.45) is 1.68. The van der Waals surface area contributed by atoms with Crippen LogP contribution in [0.5, 0.6) is 0 Å². The van der Waals surface area contributed by atoms with Gasteiger partial charge in [0.05, 0.1) is 16.9 Å². The van der Waals surface area contributed by atoms with Crippen molar-refractivity contribution < 1.29 is 18.4 Å². The molecule has 1 aliphatic carbocycles. The summed E-state index contributed by atoms with van der Waals surface area (Å²) >= 11 is 0. The number of nitrogens with zero attached hydrogens (tertiary/aromatic N) is 1. The van der Waals surface area contributed by atoms with Gasteiger partial charge in [-0.2, -0.15) is 0 Å². The number of halogens is 2. The number of allylic oxidation sites excluding steroid dienone is 1. The fraction of sp³-hybridized carbons (Fsp3) is 0.0769. The Hall–Kier alpha value is -5.42. The van der Waals surface area contributed by atoms with Crippen LogP contribution in [0, 0.1) is 11.6 Å². The van der Waals surface area contributed by atoms with Crippen molar-refractivity contribution in [3.63, 3.8) is 0 Å². The molecule has 8 rings (SSSR count). The molecule has 6 aromatic rings. The molecule has 5 heteroatoms. The average Bonchev–Trinajstić information content (AvgIpc) is 3.24. The quantitative estimate of drug-likeness (QED) is 0.152. The monoisotopic (exact) mass is 577 g/mol. The summed E-state index contributed by atoms with van der Waals surface area (Å²) in [6.45, 7) is 4.16. The van der Waals surface area contributed by atoms with Gasteiger partial charge in [0.1, 0.15) is 11.6 Å². The van der Waals surface area contributed by atoms with Crippen molar-refractivity contribution in [1.82, 2.24) is 0 Å². The van der Waals surface area contributed by atoms with Gasteiger partial charge in [-0.15, -0.1) is 0 Å². The molecule has 0 radical (unpaired) electrons. The van der Waals surface area contributed by atoms with Crippen molar-refractivity contribution in [2.75, 3.05) is 4.90 Å². The minimum atomic E-state index is -0.566. The summed E-state index contributed by atoms with van der Waals surface area (Å²) < 4.78 is 28.6. The van der Waals surface area contributed by atoms with Crippen molar-refractivity contribution in [3.8, 4) is 0 Å². The first kappa shape index (κ1) is 26.2. The molecule has 0 amide bonds. The number of carbonyl (C=O) groups excluding carboxylic acids is 2. The summed E-state index contributed by atoms with van der Waals surface area (Å²) in [5.41, 5.74) is 5.54. The van der Waals surface area contributed by atoms with Crippen LogP contribution < -0.4 is 4.90 Å². The fourth-order valence-corrected chi connectivity index (χ4v) is 6.91. The number of hydrogen-bond donors (Lipinski definition) is 0. The van der Waals surface area contributed by atoms with Crippen LogP contribution in [0.2, 0.25) is 0 Å². The van der Waals surface area contributed by atoms with E-state index in [1.54, 1.807) is 42.5 Å². The van der Waals surface area contributed by atoms with Gasteiger partial charge in [0.2, 0.25) is 0 Å². The van der Waals surface area contributed by atoms with E-state index in [-0.39, 0.29) is 28.8 Å². The minimum Gasteiger partial charge on any atom is -0.310 e. The first-order valence-corrected chi connectivity index (χ1v) is 14.5. The lowest BCUT2D eigenvalue weighted by Gasteiger charge is -2.42. The molecule has 212 valence electrons. The second-order valence-electron chi connectivity index (χ2n) is 12.0. The predicted molar refractivity (Wildman–Crippen MR) is 171 cm³/mol. The minimum absolute atomic E-state index is 0.153. The smallest absolute Gasteiger partial charge is 0.197 e. The third kappa shape index (κ3) is 3.79. The van der Waals surface area contributed by atoms with Gasteiger partial charge >= 0.3 is 0 Å². The number of anilines is 3. The van der Waals surface area contributed by atoms with Gasteiger partial charge in [0.15, 0.2) is 11.6 Å². The largest absolute Gasteiger partial charge is 0.310 e.